The van der Waals surface area contributed by atoms with E-state index in [0.29, 0.717) is 11.3 Å². The minimum atomic E-state index is 0.191. The number of halogens is 2. The van der Waals surface area contributed by atoms with Crippen LogP contribution >= 0.6 is 23.2 Å². The molecule has 2 rings (SSSR count). The summed E-state index contributed by atoms with van der Waals surface area (Å²) in [5, 5.41) is 0.928. The van der Waals surface area contributed by atoms with Gasteiger partial charge in [-0.2, -0.15) is 0 Å². The molecule has 1 aromatic heterocycles. The summed E-state index contributed by atoms with van der Waals surface area (Å²) in [7, 11) is 0. The van der Waals surface area contributed by atoms with E-state index >= 15 is 0 Å². The first-order valence-electron chi connectivity index (χ1n) is 7.60. The SMILES string of the molecule is CC(C)(C)C1CCC(C(Cl)Cc2ccncc2Cl)CC1. The minimum absolute atomic E-state index is 0.191. The van der Waals surface area contributed by atoms with Gasteiger partial charge in [0.05, 0.1) is 5.02 Å². The molecule has 0 amide bonds. The Morgan fingerprint density at radius 1 is 1.25 bits per heavy atom. The molecule has 1 nitrogen and oxygen atoms in total. The van der Waals surface area contributed by atoms with Gasteiger partial charge in [0.1, 0.15) is 0 Å². The highest BCUT2D eigenvalue weighted by Gasteiger charge is 2.32. The lowest BCUT2D eigenvalue weighted by Crippen LogP contribution is -2.29. The Morgan fingerprint density at radius 2 is 1.90 bits per heavy atom. The van der Waals surface area contributed by atoms with Gasteiger partial charge in [0.15, 0.2) is 0 Å². The number of hydrogen-bond donors (Lipinski definition) is 0. The number of alkyl halides is 1. The van der Waals surface area contributed by atoms with E-state index in [-0.39, 0.29) is 5.38 Å². The average Bonchev–Trinajstić information content (AvgIpc) is 2.40. The Hall–Kier alpha value is -0.270. The molecule has 3 heteroatoms. The van der Waals surface area contributed by atoms with E-state index in [1.807, 2.05) is 6.07 Å². The molecule has 1 saturated carbocycles. The summed E-state index contributed by atoms with van der Waals surface area (Å²) in [5.74, 6) is 1.46. The Balaban J connectivity index is 1.89. The Morgan fingerprint density at radius 3 is 2.45 bits per heavy atom. The lowest BCUT2D eigenvalue weighted by molar-refractivity contribution is 0.148. The van der Waals surface area contributed by atoms with Crippen molar-refractivity contribution in [3.05, 3.63) is 29.0 Å². The van der Waals surface area contributed by atoms with E-state index in [0.717, 1.165) is 22.9 Å². The van der Waals surface area contributed by atoms with E-state index in [1.165, 1.54) is 25.7 Å². The van der Waals surface area contributed by atoms with Crippen molar-refractivity contribution in [3.8, 4) is 0 Å². The third kappa shape index (κ3) is 4.11. The molecular weight excluding hydrogens is 289 g/mol. The summed E-state index contributed by atoms with van der Waals surface area (Å²) in [4.78, 5) is 4.03. The van der Waals surface area contributed by atoms with Gasteiger partial charge in [-0.3, -0.25) is 4.98 Å². The number of pyridine rings is 1. The van der Waals surface area contributed by atoms with E-state index in [9.17, 15) is 0 Å². The third-order valence-corrected chi connectivity index (χ3v) is 5.63. The maximum Gasteiger partial charge on any atom is 0.0621 e. The van der Waals surface area contributed by atoms with Crippen LogP contribution in [0.2, 0.25) is 5.02 Å². The van der Waals surface area contributed by atoms with Gasteiger partial charge in [-0.25, -0.2) is 0 Å². The van der Waals surface area contributed by atoms with Crippen molar-refractivity contribution in [1.29, 1.82) is 0 Å². The molecule has 112 valence electrons. The summed E-state index contributed by atoms with van der Waals surface area (Å²) in [5.41, 5.74) is 1.56. The van der Waals surface area contributed by atoms with Crippen LogP contribution in [0.15, 0.2) is 18.5 Å². The zero-order chi connectivity index (χ0) is 14.8. The molecule has 1 aliphatic rings. The smallest absolute Gasteiger partial charge is 0.0621 e. The van der Waals surface area contributed by atoms with Crippen molar-refractivity contribution in [1.82, 2.24) is 4.98 Å². The fourth-order valence-corrected chi connectivity index (χ4v) is 3.91. The van der Waals surface area contributed by atoms with Gasteiger partial charge in [0.2, 0.25) is 0 Å². The molecule has 1 fully saturated rings. The zero-order valence-corrected chi connectivity index (χ0v) is 14.2. The summed E-state index contributed by atoms with van der Waals surface area (Å²) in [6.07, 6.45) is 9.46. The molecule has 0 bridgehead atoms. The topological polar surface area (TPSA) is 12.9 Å². The van der Waals surface area contributed by atoms with Gasteiger partial charge < -0.3 is 0 Å². The van der Waals surface area contributed by atoms with Crippen LogP contribution in [-0.2, 0) is 6.42 Å². The molecular formula is C17H25Cl2N. The average molecular weight is 314 g/mol. The summed E-state index contributed by atoms with van der Waals surface area (Å²) < 4.78 is 0. The van der Waals surface area contributed by atoms with Gasteiger partial charge in [0.25, 0.3) is 0 Å². The van der Waals surface area contributed by atoms with Gasteiger partial charge >= 0.3 is 0 Å². The third-order valence-electron chi connectivity index (χ3n) is 4.78. The van der Waals surface area contributed by atoms with Crippen LogP contribution in [0.3, 0.4) is 0 Å². The van der Waals surface area contributed by atoms with Crippen LogP contribution < -0.4 is 0 Å². The van der Waals surface area contributed by atoms with E-state index in [2.05, 4.69) is 25.8 Å². The number of hydrogen-bond acceptors (Lipinski definition) is 1. The highest BCUT2D eigenvalue weighted by Crippen LogP contribution is 2.42. The lowest BCUT2D eigenvalue weighted by atomic mass is 9.69. The van der Waals surface area contributed by atoms with E-state index in [4.69, 9.17) is 23.2 Å². The van der Waals surface area contributed by atoms with Gasteiger partial charge in [-0.05, 0) is 61.0 Å². The minimum Gasteiger partial charge on any atom is -0.263 e. The second-order valence-corrected chi connectivity index (χ2v) is 8.13. The second-order valence-electron chi connectivity index (χ2n) is 7.16. The van der Waals surface area contributed by atoms with Gasteiger partial charge in [-0.1, -0.05) is 32.4 Å². The van der Waals surface area contributed by atoms with Crippen LogP contribution in [-0.4, -0.2) is 10.4 Å². The van der Waals surface area contributed by atoms with Crippen LogP contribution in [0.25, 0.3) is 0 Å². The highest BCUT2D eigenvalue weighted by molar-refractivity contribution is 6.31. The Labute approximate surface area is 133 Å². The number of rotatable bonds is 3. The molecule has 0 radical (unpaired) electrons. The van der Waals surface area contributed by atoms with E-state index in [1.54, 1.807) is 12.4 Å². The molecule has 1 aliphatic carbocycles. The molecule has 0 spiro atoms. The van der Waals surface area contributed by atoms with Gasteiger partial charge in [-0.15, -0.1) is 11.6 Å². The molecule has 0 aromatic carbocycles. The monoisotopic (exact) mass is 313 g/mol. The van der Waals surface area contributed by atoms with E-state index < -0.39 is 0 Å². The quantitative estimate of drug-likeness (QED) is 0.649. The molecule has 20 heavy (non-hydrogen) atoms. The molecule has 0 aliphatic heterocycles. The summed E-state index contributed by atoms with van der Waals surface area (Å²) in [6, 6.07) is 1.98. The van der Waals surface area contributed by atoms with Crippen LogP contribution in [0.4, 0.5) is 0 Å². The van der Waals surface area contributed by atoms with Crippen molar-refractivity contribution in [2.24, 2.45) is 17.3 Å². The van der Waals surface area contributed by atoms with Crippen LogP contribution in [0, 0.1) is 17.3 Å². The summed E-state index contributed by atoms with van der Waals surface area (Å²) >= 11 is 12.8. The summed E-state index contributed by atoms with van der Waals surface area (Å²) in [6.45, 7) is 7.06. The van der Waals surface area contributed by atoms with Crippen LogP contribution in [0.5, 0.6) is 0 Å². The largest absolute Gasteiger partial charge is 0.263 e. The lowest BCUT2D eigenvalue weighted by Gasteiger charge is -2.38. The number of aromatic nitrogens is 1. The van der Waals surface area contributed by atoms with Gasteiger partial charge in [0, 0.05) is 17.8 Å². The molecule has 1 unspecified atom stereocenters. The Kier molecular flexibility index (Phi) is 5.36. The van der Waals surface area contributed by atoms with Crippen LogP contribution in [0.1, 0.15) is 52.0 Å². The highest BCUT2D eigenvalue weighted by atomic mass is 35.5. The predicted octanol–water partition coefficient (Wildman–Crippen LogP) is 5.74. The predicted molar refractivity (Wildman–Crippen MR) is 87.5 cm³/mol. The van der Waals surface area contributed by atoms with Crippen molar-refractivity contribution >= 4 is 23.2 Å². The first kappa shape index (κ1) is 16.1. The molecule has 0 N–H and O–H groups in total. The fourth-order valence-electron chi connectivity index (χ4n) is 3.29. The zero-order valence-electron chi connectivity index (χ0n) is 12.7. The van der Waals surface area contributed by atoms with Crippen molar-refractivity contribution < 1.29 is 0 Å². The standard InChI is InChI=1S/C17H25Cl2N/c1-17(2,3)14-6-4-12(5-7-14)15(18)10-13-8-9-20-11-16(13)19/h8-9,11-12,14-15H,4-7,10H2,1-3H3. The van der Waals surface area contributed by atoms with Crippen molar-refractivity contribution in [3.63, 3.8) is 0 Å². The van der Waals surface area contributed by atoms with Crippen molar-refractivity contribution in [2.45, 2.75) is 58.3 Å². The van der Waals surface area contributed by atoms with Crippen molar-refractivity contribution in [2.75, 3.05) is 0 Å². The fraction of sp³-hybridized carbons (Fsp3) is 0.706. The first-order valence-corrected chi connectivity index (χ1v) is 8.42. The normalized spacial score (nSPS) is 25.4. The maximum atomic E-state index is 6.65. The maximum absolute atomic E-state index is 6.65. The first-order chi connectivity index (χ1) is 9.38. The molecule has 1 heterocycles. The molecule has 1 atom stereocenters. The number of nitrogens with zero attached hydrogens (tertiary/aromatic N) is 1. The second kappa shape index (κ2) is 6.66. The molecule has 0 saturated heterocycles. The Bertz CT molecular complexity index is 431. The molecule has 1 aromatic rings.